The molecule has 118 valence electrons. The van der Waals surface area contributed by atoms with Gasteiger partial charge in [0.1, 0.15) is 5.82 Å². The molecule has 2 aromatic carbocycles. The summed E-state index contributed by atoms with van der Waals surface area (Å²) in [5.74, 6) is -0.532. The van der Waals surface area contributed by atoms with Gasteiger partial charge in [-0.2, -0.15) is 0 Å². The monoisotopic (exact) mass is 348 g/mol. The second-order valence-electron chi connectivity index (χ2n) is 5.22. The van der Waals surface area contributed by atoms with E-state index in [0.29, 0.717) is 22.3 Å². The van der Waals surface area contributed by atoms with E-state index in [9.17, 15) is 9.18 Å². The SMILES string of the molecule is C[C@H]1CN(C(=O)c2ccc(F)cc2)C(=Nc2ccc(Cl)cc2)S1. The highest BCUT2D eigenvalue weighted by atomic mass is 35.5. The standard InChI is InChI=1S/C17H14ClFN2OS/c1-11-10-21(16(22)12-2-6-14(19)7-3-12)17(23-11)20-15-8-4-13(18)5-9-15/h2-9,11H,10H2,1H3/t11-/m0/s1. The van der Waals surface area contributed by atoms with Crippen LogP contribution in [0.3, 0.4) is 0 Å². The van der Waals surface area contributed by atoms with Crippen LogP contribution in [0.1, 0.15) is 17.3 Å². The Morgan fingerprint density at radius 1 is 1.22 bits per heavy atom. The molecule has 1 aliphatic rings. The molecule has 1 fully saturated rings. The zero-order valence-corrected chi connectivity index (χ0v) is 13.9. The van der Waals surface area contributed by atoms with Crippen molar-refractivity contribution in [1.29, 1.82) is 0 Å². The molecule has 1 heterocycles. The topological polar surface area (TPSA) is 32.7 Å². The highest BCUT2D eigenvalue weighted by Gasteiger charge is 2.31. The Bertz CT molecular complexity index is 746. The van der Waals surface area contributed by atoms with Crippen LogP contribution in [0, 0.1) is 5.82 Å². The summed E-state index contributed by atoms with van der Waals surface area (Å²) in [7, 11) is 0. The van der Waals surface area contributed by atoms with Gasteiger partial charge >= 0.3 is 0 Å². The second kappa shape index (κ2) is 6.72. The van der Waals surface area contributed by atoms with E-state index in [1.807, 2.05) is 6.92 Å². The normalized spacial score (nSPS) is 19.3. The largest absolute Gasteiger partial charge is 0.286 e. The number of nitrogens with zero attached hydrogens (tertiary/aromatic N) is 2. The lowest BCUT2D eigenvalue weighted by molar-refractivity contribution is 0.0855. The van der Waals surface area contributed by atoms with Crippen molar-refractivity contribution in [3.05, 3.63) is 64.9 Å². The van der Waals surface area contributed by atoms with Crippen LogP contribution in [0.25, 0.3) is 0 Å². The number of amides is 1. The highest BCUT2D eigenvalue weighted by Crippen LogP contribution is 2.29. The Morgan fingerprint density at radius 2 is 1.87 bits per heavy atom. The first-order valence-electron chi connectivity index (χ1n) is 7.11. The van der Waals surface area contributed by atoms with Gasteiger partial charge in [0.15, 0.2) is 5.17 Å². The summed E-state index contributed by atoms with van der Waals surface area (Å²) in [5.41, 5.74) is 1.19. The lowest BCUT2D eigenvalue weighted by Gasteiger charge is -2.16. The Morgan fingerprint density at radius 3 is 2.52 bits per heavy atom. The van der Waals surface area contributed by atoms with Crippen LogP contribution in [-0.2, 0) is 0 Å². The van der Waals surface area contributed by atoms with Crippen molar-refractivity contribution in [2.24, 2.45) is 4.99 Å². The fraction of sp³-hybridized carbons (Fsp3) is 0.176. The van der Waals surface area contributed by atoms with Crippen LogP contribution in [0.5, 0.6) is 0 Å². The van der Waals surface area contributed by atoms with E-state index in [1.54, 1.807) is 40.9 Å². The number of hydrogen-bond acceptors (Lipinski definition) is 3. The van der Waals surface area contributed by atoms with Crippen LogP contribution in [0.2, 0.25) is 5.02 Å². The summed E-state index contributed by atoms with van der Waals surface area (Å²) < 4.78 is 13.0. The predicted molar refractivity (Wildman–Crippen MR) is 93.0 cm³/mol. The molecule has 2 aromatic rings. The Balaban J connectivity index is 1.88. The van der Waals surface area contributed by atoms with E-state index in [1.165, 1.54) is 24.3 Å². The molecule has 0 N–H and O–H groups in total. The molecule has 0 radical (unpaired) electrons. The molecular formula is C17H14ClFN2OS. The molecule has 0 saturated carbocycles. The third-order valence-corrected chi connectivity index (χ3v) is 4.69. The predicted octanol–water partition coefficient (Wildman–Crippen LogP) is 4.74. The molecule has 0 bridgehead atoms. The molecule has 1 aliphatic heterocycles. The molecule has 0 aliphatic carbocycles. The van der Waals surface area contributed by atoms with Gasteiger partial charge in [-0.25, -0.2) is 9.38 Å². The third kappa shape index (κ3) is 3.74. The smallest absolute Gasteiger partial charge is 0.259 e. The molecule has 1 saturated heterocycles. The van der Waals surface area contributed by atoms with Crippen molar-refractivity contribution in [1.82, 2.24) is 4.90 Å². The molecule has 0 unspecified atom stereocenters. The molecule has 0 aromatic heterocycles. The Labute approximate surface area is 143 Å². The number of benzene rings is 2. The summed E-state index contributed by atoms with van der Waals surface area (Å²) in [6.45, 7) is 2.62. The van der Waals surface area contributed by atoms with Gasteiger partial charge in [0.2, 0.25) is 0 Å². The van der Waals surface area contributed by atoms with E-state index < -0.39 is 0 Å². The maximum atomic E-state index is 13.0. The minimum absolute atomic E-state index is 0.172. The van der Waals surface area contributed by atoms with Crippen LogP contribution in [0.15, 0.2) is 53.5 Å². The van der Waals surface area contributed by atoms with Crippen LogP contribution < -0.4 is 0 Å². The molecule has 1 atom stereocenters. The maximum absolute atomic E-state index is 13.0. The third-order valence-electron chi connectivity index (χ3n) is 3.36. The van der Waals surface area contributed by atoms with Gasteiger partial charge in [-0.05, 0) is 48.5 Å². The van der Waals surface area contributed by atoms with Gasteiger partial charge in [0.05, 0.1) is 5.69 Å². The van der Waals surface area contributed by atoms with Gasteiger partial charge in [-0.1, -0.05) is 30.3 Å². The molecule has 0 spiro atoms. The van der Waals surface area contributed by atoms with Gasteiger partial charge < -0.3 is 0 Å². The maximum Gasteiger partial charge on any atom is 0.259 e. The zero-order valence-electron chi connectivity index (χ0n) is 12.4. The Hall–Kier alpha value is -1.85. The number of rotatable bonds is 2. The molecule has 23 heavy (non-hydrogen) atoms. The van der Waals surface area contributed by atoms with Crippen molar-refractivity contribution < 1.29 is 9.18 Å². The summed E-state index contributed by atoms with van der Waals surface area (Å²) in [5, 5.41) is 1.54. The number of halogens is 2. The molecule has 6 heteroatoms. The van der Waals surface area contributed by atoms with Crippen molar-refractivity contribution in [3.8, 4) is 0 Å². The first-order chi connectivity index (χ1) is 11.0. The lowest BCUT2D eigenvalue weighted by atomic mass is 10.2. The fourth-order valence-electron chi connectivity index (χ4n) is 2.25. The van der Waals surface area contributed by atoms with Crippen molar-refractivity contribution in [2.75, 3.05) is 6.54 Å². The van der Waals surface area contributed by atoms with E-state index in [0.717, 1.165) is 5.69 Å². The fourth-order valence-corrected chi connectivity index (χ4v) is 3.40. The highest BCUT2D eigenvalue weighted by molar-refractivity contribution is 8.14. The second-order valence-corrected chi connectivity index (χ2v) is 7.06. The number of aliphatic imine (C=N–C) groups is 1. The summed E-state index contributed by atoms with van der Waals surface area (Å²) in [4.78, 5) is 18.8. The molecule has 1 amide bonds. The van der Waals surface area contributed by atoms with Crippen LogP contribution in [0.4, 0.5) is 10.1 Å². The van der Waals surface area contributed by atoms with Gasteiger partial charge in [-0.3, -0.25) is 9.69 Å². The van der Waals surface area contributed by atoms with Crippen molar-refractivity contribution in [3.63, 3.8) is 0 Å². The van der Waals surface area contributed by atoms with E-state index in [4.69, 9.17) is 11.6 Å². The van der Waals surface area contributed by atoms with E-state index >= 15 is 0 Å². The average molecular weight is 349 g/mol. The molecule has 3 rings (SSSR count). The zero-order chi connectivity index (χ0) is 16.4. The minimum atomic E-state index is -0.360. The van der Waals surface area contributed by atoms with Gasteiger partial charge in [0.25, 0.3) is 5.91 Å². The average Bonchev–Trinajstić information content (AvgIpc) is 2.90. The van der Waals surface area contributed by atoms with Crippen LogP contribution >= 0.6 is 23.4 Å². The lowest BCUT2D eigenvalue weighted by Crippen LogP contribution is -2.32. The Kier molecular flexibility index (Phi) is 4.68. The van der Waals surface area contributed by atoms with Crippen LogP contribution in [-0.4, -0.2) is 27.8 Å². The van der Waals surface area contributed by atoms with E-state index in [2.05, 4.69) is 4.99 Å². The van der Waals surface area contributed by atoms with Gasteiger partial charge in [0, 0.05) is 22.4 Å². The molecule has 3 nitrogen and oxygen atoms in total. The first kappa shape index (κ1) is 16.0. The van der Waals surface area contributed by atoms with Crippen molar-refractivity contribution in [2.45, 2.75) is 12.2 Å². The molecular weight excluding hydrogens is 335 g/mol. The summed E-state index contributed by atoms with van der Waals surface area (Å²) in [6, 6.07) is 12.7. The number of amidine groups is 1. The van der Waals surface area contributed by atoms with Crippen molar-refractivity contribution >= 4 is 40.1 Å². The number of carbonyl (C=O) groups is 1. The first-order valence-corrected chi connectivity index (χ1v) is 8.37. The number of thioether (sulfide) groups is 1. The number of hydrogen-bond donors (Lipinski definition) is 0. The van der Waals surface area contributed by atoms with E-state index in [-0.39, 0.29) is 17.0 Å². The summed E-state index contributed by atoms with van der Waals surface area (Å²) in [6.07, 6.45) is 0. The minimum Gasteiger partial charge on any atom is -0.286 e. The summed E-state index contributed by atoms with van der Waals surface area (Å²) >= 11 is 7.42. The number of carbonyl (C=O) groups excluding carboxylic acids is 1. The van der Waals surface area contributed by atoms with Gasteiger partial charge in [-0.15, -0.1) is 0 Å². The quantitative estimate of drug-likeness (QED) is 0.785.